The van der Waals surface area contributed by atoms with E-state index in [9.17, 15) is 9.18 Å². The van der Waals surface area contributed by atoms with Gasteiger partial charge in [0.15, 0.2) is 0 Å². The molecule has 19 heavy (non-hydrogen) atoms. The maximum absolute atomic E-state index is 13.0. The number of nitrogens with one attached hydrogen (secondary N) is 2. The molecule has 106 valence electrons. The molecule has 0 saturated heterocycles. The van der Waals surface area contributed by atoms with Gasteiger partial charge in [-0.05, 0) is 37.0 Å². The van der Waals surface area contributed by atoms with Crippen LogP contribution < -0.4 is 10.6 Å². The SMILES string of the molecule is CC(C)CNC(=O)CNC(C)Cc1cccc(F)c1. The fourth-order valence-electron chi connectivity index (χ4n) is 1.74. The fourth-order valence-corrected chi connectivity index (χ4v) is 1.74. The second-order valence-electron chi connectivity index (χ2n) is 5.31. The van der Waals surface area contributed by atoms with Crippen LogP contribution in [0.15, 0.2) is 24.3 Å². The Kier molecular flexibility index (Phi) is 6.50. The summed E-state index contributed by atoms with van der Waals surface area (Å²) >= 11 is 0. The van der Waals surface area contributed by atoms with Crippen molar-refractivity contribution in [2.24, 2.45) is 5.92 Å². The van der Waals surface area contributed by atoms with Gasteiger partial charge in [-0.15, -0.1) is 0 Å². The number of benzene rings is 1. The zero-order chi connectivity index (χ0) is 14.3. The first-order chi connectivity index (χ1) is 8.97. The lowest BCUT2D eigenvalue weighted by molar-refractivity contribution is -0.120. The molecule has 0 aliphatic heterocycles. The molecule has 2 N–H and O–H groups in total. The van der Waals surface area contributed by atoms with Crippen LogP contribution >= 0.6 is 0 Å². The maximum atomic E-state index is 13.0. The highest BCUT2D eigenvalue weighted by atomic mass is 19.1. The van der Waals surface area contributed by atoms with Crippen LogP contribution in [0.4, 0.5) is 4.39 Å². The lowest BCUT2D eigenvalue weighted by Crippen LogP contribution is -2.39. The van der Waals surface area contributed by atoms with E-state index in [1.165, 1.54) is 12.1 Å². The van der Waals surface area contributed by atoms with Crippen LogP contribution in [-0.2, 0) is 11.2 Å². The molecule has 0 radical (unpaired) electrons. The van der Waals surface area contributed by atoms with Crippen LogP contribution in [0.3, 0.4) is 0 Å². The Hall–Kier alpha value is -1.42. The second kappa shape index (κ2) is 7.89. The van der Waals surface area contributed by atoms with Crippen molar-refractivity contribution in [1.82, 2.24) is 10.6 Å². The molecule has 0 aliphatic carbocycles. The van der Waals surface area contributed by atoms with E-state index in [1.54, 1.807) is 6.07 Å². The summed E-state index contributed by atoms with van der Waals surface area (Å²) in [5, 5.41) is 5.99. The van der Waals surface area contributed by atoms with Gasteiger partial charge in [-0.1, -0.05) is 26.0 Å². The van der Waals surface area contributed by atoms with E-state index in [-0.39, 0.29) is 17.8 Å². The minimum absolute atomic E-state index is 0.000192. The molecule has 0 spiro atoms. The molecule has 3 nitrogen and oxygen atoms in total. The first kappa shape index (κ1) is 15.6. The smallest absolute Gasteiger partial charge is 0.233 e. The predicted octanol–water partition coefficient (Wildman–Crippen LogP) is 2.12. The quantitative estimate of drug-likeness (QED) is 0.793. The van der Waals surface area contributed by atoms with Crippen LogP contribution in [0.2, 0.25) is 0 Å². The number of amides is 1. The van der Waals surface area contributed by atoms with Crippen molar-refractivity contribution in [1.29, 1.82) is 0 Å². The van der Waals surface area contributed by atoms with Gasteiger partial charge < -0.3 is 10.6 Å². The summed E-state index contributed by atoms with van der Waals surface area (Å²) in [6.45, 7) is 7.09. The van der Waals surface area contributed by atoms with Crippen LogP contribution in [-0.4, -0.2) is 25.0 Å². The minimum atomic E-state index is -0.223. The Morgan fingerprint density at radius 1 is 1.32 bits per heavy atom. The number of halogens is 1. The number of carbonyl (C=O) groups excluding carboxylic acids is 1. The standard InChI is InChI=1S/C15H23FN2O/c1-11(2)9-18-15(19)10-17-12(3)7-13-5-4-6-14(16)8-13/h4-6,8,11-12,17H,7,9-10H2,1-3H3,(H,18,19). The van der Waals surface area contributed by atoms with E-state index >= 15 is 0 Å². The molecule has 1 aromatic rings. The molecule has 0 saturated carbocycles. The van der Waals surface area contributed by atoms with Gasteiger partial charge in [-0.3, -0.25) is 4.79 Å². The summed E-state index contributed by atoms with van der Waals surface area (Å²) in [6.07, 6.45) is 0.704. The third-order valence-corrected chi connectivity index (χ3v) is 2.75. The normalized spacial score (nSPS) is 12.5. The number of hydrogen-bond acceptors (Lipinski definition) is 2. The van der Waals surface area contributed by atoms with Crippen molar-refractivity contribution in [2.45, 2.75) is 33.2 Å². The minimum Gasteiger partial charge on any atom is -0.355 e. The largest absolute Gasteiger partial charge is 0.355 e. The van der Waals surface area contributed by atoms with E-state index in [0.29, 0.717) is 25.4 Å². The average molecular weight is 266 g/mol. The molecule has 0 fully saturated rings. The van der Waals surface area contributed by atoms with E-state index in [0.717, 1.165) is 5.56 Å². The summed E-state index contributed by atoms with van der Waals surface area (Å²) < 4.78 is 13.0. The molecule has 0 heterocycles. The third-order valence-electron chi connectivity index (χ3n) is 2.75. The highest BCUT2D eigenvalue weighted by molar-refractivity contribution is 5.77. The molecule has 0 aromatic heterocycles. The number of rotatable bonds is 7. The Balaban J connectivity index is 2.28. The van der Waals surface area contributed by atoms with Crippen LogP contribution in [0, 0.1) is 11.7 Å². The van der Waals surface area contributed by atoms with E-state index < -0.39 is 0 Å². The summed E-state index contributed by atoms with van der Waals surface area (Å²) in [4.78, 5) is 11.5. The monoisotopic (exact) mass is 266 g/mol. The van der Waals surface area contributed by atoms with Crippen molar-refractivity contribution in [3.63, 3.8) is 0 Å². The van der Waals surface area contributed by atoms with E-state index in [1.807, 2.05) is 13.0 Å². The van der Waals surface area contributed by atoms with Gasteiger partial charge >= 0.3 is 0 Å². The highest BCUT2D eigenvalue weighted by Crippen LogP contribution is 2.06. The van der Waals surface area contributed by atoms with Gasteiger partial charge in [0.25, 0.3) is 0 Å². The number of hydrogen-bond donors (Lipinski definition) is 2. The molecule has 0 bridgehead atoms. The van der Waals surface area contributed by atoms with Gasteiger partial charge in [-0.25, -0.2) is 4.39 Å². The predicted molar refractivity (Wildman–Crippen MR) is 75.4 cm³/mol. The van der Waals surface area contributed by atoms with Crippen LogP contribution in [0.1, 0.15) is 26.3 Å². The second-order valence-corrected chi connectivity index (χ2v) is 5.31. The lowest BCUT2D eigenvalue weighted by Gasteiger charge is -2.14. The van der Waals surface area contributed by atoms with E-state index in [4.69, 9.17) is 0 Å². The van der Waals surface area contributed by atoms with Crippen molar-refractivity contribution in [2.75, 3.05) is 13.1 Å². The summed E-state index contributed by atoms with van der Waals surface area (Å²) in [5.74, 6) is 0.229. The molecule has 1 aromatic carbocycles. The first-order valence-corrected chi connectivity index (χ1v) is 6.72. The molecular formula is C15H23FN2O. The Morgan fingerprint density at radius 3 is 2.68 bits per heavy atom. The first-order valence-electron chi connectivity index (χ1n) is 6.72. The average Bonchev–Trinajstić information content (AvgIpc) is 2.34. The van der Waals surface area contributed by atoms with Crippen molar-refractivity contribution < 1.29 is 9.18 Å². The summed E-state index contributed by atoms with van der Waals surface area (Å²) in [6, 6.07) is 6.68. The maximum Gasteiger partial charge on any atom is 0.233 e. The zero-order valence-corrected chi connectivity index (χ0v) is 11.9. The Morgan fingerprint density at radius 2 is 2.05 bits per heavy atom. The molecule has 0 aliphatic rings. The van der Waals surface area contributed by atoms with Crippen molar-refractivity contribution in [3.8, 4) is 0 Å². The summed E-state index contributed by atoms with van der Waals surface area (Å²) in [5.41, 5.74) is 0.933. The lowest BCUT2D eigenvalue weighted by atomic mass is 10.1. The van der Waals surface area contributed by atoms with Crippen LogP contribution in [0.25, 0.3) is 0 Å². The Bertz CT molecular complexity index is 407. The Labute approximate surface area is 114 Å². The molecule has 1 amide bonds. The van der Waals surface area contributed by atoms with Crippen molar-refractivity contribution in [3.05, 3.63) is 35.6 Å². The zero-order valence-electron chi connectivity index (χ0n) is 11.9. The molecule has 1 rings (SSSR count). The molecular weight excluding hydrogens is 243 g/mol. The van der Waals surface area contributed by atoms with Gasteiger partial charge in [0.2, 0.25) is 5.91 Å². The highest BCUT2D eigenvalue weighted by Gasteiger charge is 2.07. The van der Waals surface area contributed by atoms with Gasteiger partial charge in [0.1, 0.15) is 5.82 Å². The van der Waals surface area contributed by atoms with E-state index in [2.05, 4.69) is 24.5 Å². The van der Waals surface area contributed by atoms with Gasteiger partial charge in [0.05, 0.1) is 6.54 Å². The summed E-state index contributed by atoms with van der Waals surface area (Å²) in [7, 11) is 0. The number of carbonyl (C=O) groups is 1. The topological polar surface area (TPSA) is 41.1 Å². The van der Waals surface area contributed by atoms with Gasteiger partial charge in [0, 0.05) is 12.6 Å². The molecule has 4 heteroatoms. The fraction of sp³-hybridized carbons (Fsp3) is 0.533. The molecule has 1 unspecified atom stereocenters. The van der Waals surface area contributed by atoms with Crippen LogP contribution in [0.5, 0.6) is 0 Å². The van der Waals surface area contributed by atoms with Crippen molar-refractivity contribution >= 4 is 5.91 Å². The van der Waals surface area contributed by atoms with Gasteiger partial charge in [-0.2, -0.15) is 0 Å². The molecule has 1 atom stereocenters. The third kappa shape index (κ3) is 6.91.